The smallest absolute Gasteiger partial charge is 0.243 e. The van der Waals surface area contributed by atoms with Crippen LogP contribution >= 0.6 is 0 Å². The lowest BCUT2D eigenvalue weighted by Gasteiger charge is -2.35. The van der Waals surface area contributed by atoms with Crippen LogP contribution in [0, 0.1) is 18.8 Å². The van der Waals surface area contributed by atoms with Gasteiger partial charge in [0.1, 0.15) is 12.1 Å². The molecule has 2 saturated heterocycles. The third kappa shape index (κ3) is 7.31. The number of likely N-dealkylation sites (tertiary alicyclic amines) is 1. The van der Waals surface area contributed by atoms with E-state index >= 15 is 0 Å². The second kappa shape index (κ2) is 12.7. The van der Waals surface area contributed by atoms with E-state index in [9.17, 15) is 27.6 Å². The van der Waals surface area contributed by atoms with E-state index in [1.807, 2.05) is 20.8 Å². The summed E-state index contributed by atoms with van der Waals surface area (Å²) in [6.45, 7) is 6.15. The molecule has 2 fully saturated rings. The highest BCUT2D eigenvalue weighted by Gasteiger charge is 2.41. The van der Waals surface area contributed by atoms with E-state index in [2.05, 4.69) is 10.6 Å². The molecule has 0 bridgehead atoms. The van der Waals surface area contributed by atoms with Crippen LogP contribution in [0.1, 0.15) is 51.5 Å². The number of sulfonamides is 1. The molecule has 2 aliphatic heterocycles. The highest BCUT2D eigenvalue weighted by molar-refractivity contribution is 7.89. The van der Waals surface area contributed by atoms with Gasteiger partial charge in [-0.25, -0.2) is 8.42 Å². The van der Waals surface area contributed by atoms with Gasteiger partial charge in [0.15, 0.2) is 0 Å². The lowest BCUT2D eigenvalue weighted by Crippen LogP contribution is -2.55. The van der Waals surface area contributed by atoms with Gasteiger partial charge < -0.3 is 21.3 Å². The summed E-state index contributed by atoms with van der Waals surface area (Å²) in [4.78, 5) is 52.1. The molecule has 1 aromatic carbocycles. The van der Waals surface area contributed by atoms with Gasteiger partial charge in [0.05, 0.1) is 17.4 Å². The Morgan fingerprint density at radius 2 is 1.71 bits per heavy atom. The van der Waals surface area contributed by atoms with Gasteiger partial charge in [-0.15, -0.1) is 0 Å². The summed E-state index contributed by atoms with van der Waals surface area (Å²) in [7, 11) is -3.74. The summed E-state index contributed by atoms with van der Waals surface area (Å²) in [6.07, 6.45) is 2.51. The maximum atomic E-state index is 13.5. The second-order valence-electron chi connectivity index (χ2n) is 10.6. The van der Waals surface area contributed by atoms with Gasteiger partial charge >= 0.3 is 0 Å². The lowest BCUT2D eigenvalue weighted by molar-refractivity contribution is -0.143. The van der Waals surface area contributed by atoms with Gasteiger partial charge in [-0.2, -0.15) is 4.31 Å². The molecule has 0 aromatic heterocycles. The molecule has 2 aliphatic rings. The van der Waals surface area contributed by atoms with Crippen molar-refractivity contribution in [1.29, 1.82) is 0 Å². The Morgan fingerprint density at radius 3 is 2.34 bits per heavy atom. The maximum absolute atomic E-state index is 13.5. The van der Waals surface area contributed by atoms with E-state index in [1.54, 1.807) is 24.3 Å². The van der Waals surface area contributed by atoms with Crippen molar-refractivity contribution in [3.05, 3.63) is 29.8 Å². The number of rotatable bonds is 10. The fourth-order valence-electron chi connectivity index (χ4n) is 5.03. The number of hydrogen-bond donors (Lipinski definition) is 3. The van der Waals surface area contributed by atoms with Crippen molar-refractivity contribution in [3.8, 4) is 0 Å². The Balaban J connectivity index is 1.68. The van der Waals surface area contributed by atoms with E-state index in [0.717, 1.165) is 5.56 Å². The molecule has 1 aromatic rings. The van der Waals surface area contributed by atoms with Crippen molar-refractivity contribution >= 4 is 33.7 Å². The van der Waals surface area contributed by atoms with Gasteiger partial charge in [-0.3, -0.25) is 19.2 Å². The van der Waals surface area contributed by atoms with Crippen LogP contribution in [-0.4, -0.2) is 79.5 Å². The van der Waals surface area contributed by atoms with Crippen molar-refractivity contribution in [1.82, 2.24) is 19.8 Å². The third-order valence-electron chi connectivity index (χ3n) is 7.01. The van der Waals surface area contributed by atoms with Crippen LogP contribution in [-0.2, 0) is 29.2 Å². The number of nitrogens with zero attached hydrogens (tertiary/aromatic N) is 2. The molecule has 0 spiro atoms. The molecular formula is C26H39N5O6S. The van der Waals surface area contributed by atoms with Crippen molar-refractivity contribution in [2.45, 2.75) is 69.9 Å². The molecule has 4 amide bonds. The number of benzene rings is 1. The quantitative estimate of drug-likeness (QED) is 0.386. The molecule has 12 heteroatoms. The Kier molecular flexibility index (Phi) is 9.88. The normalized spacial score (nSPS) is 21.2. The van der Waals surface area contributed by atoms with Crippen LogP contribution in [0.2, 0.25) is 0 Å². The zero-order valence-electron chi connectivity index (χ0n) is 22.3. The Labute approximate surface area is 224 Å². The first kappa shape index (κ1) is 29.6. The van der Waals surface area contributed by atoms with Crippen LogP contribution in [0.25, 0.3) is 0 Å². The maximum Gasteiger partial charge on any atom is 0.243 e. The molecule has 38 heavy (non-hydrogen) atoms. The molecule has 210 valence electrons. The topological polar surface area (TPSA) is 159 Å². The molecule has 4 N–H and O–H groups in total. The first-order valence-corrected chi connectivity index (χ1v) is 14.6. The van der Waals surface area contributed by atoms with Crippen molar-refractivity contribution in [2.24, 2.45) is 17.6 Å². The fourth-order valence-corrected chi connectivity index (χ4v) is 6.55. The minimum atomic E-state index is -3.74. The molecule has 3 rings (SSSR count). The molecule has 2 heterocycles. The Bertz CT molecular complexity index is 1140. The first-order chi connectivity index (χ1) is 17.9. The standard InChI is InChI=1S/C26H39N5O6S/c1-17(2)14-21(24(33)28-15-23(27)32)29-25(34)22-7-5-13-31(22)26(35)19-6-4-12-30(16-19)38(36,37)20-10-8-18(3)9-11-20/h8-11,17,19,21-22H,4-7,12-16H2,1-3H3,(H2,27,32)(H,28,33)(H,29,34). The summed E-state index contributed by atoms with van der Waals surface area (Å²) >= 11 is 0. The largest absolute Gasteiger partial charge is 0.368 e. The molecule has 0 aliphatic carbocycles. The zero-order valence-corrected chi connectivity index (χ0v) is 23.1. The molecule has 0 radical (unpaired) electrons. The van der Waals surface area contributed by atoms with E-state index < -0.39 is 45.7 Å². The first-order valence-electron chi connectivity index (χ1n) is 13.1. The van der Waals surface area contributed by atoms with E-state index in [4.69, 9.17) is 5.73 Å². The number of hydrogen-bond acceptors (Lipinski definition) is 6. The predicted octanol–water partition coefficient (Wildman–Crippen LogP) is 0.519. The minimum absolute atomic E-state index is 0.0609. The predicted molar refractivity (Wildman–Crippen MR) is 141 cm³/mol. The highest BCUT2D eigenvalue weighted by Crippen LogP contribution is 2.28. The molecule has 3 unspecified atom stereocenters. The number of carbonyl (C=O) groups is 4. The second-order valence-corrected chi connectivity index (χ2v) is 12.5. The number of aryl methyl sites for hydroxylation is 1. The van der Waals surface area contributed by atoms with E-state index in [1.165, 1.54) is 9.21 Å². The van der Waals surface area contributed by atoms with E-state index in [-0.39, 0.29) is 29.8 Å². The summed E-state index contributed by atoms with van der Waals surface area (Å²) in [5, 5.41) is 5.19. The number of primary amides is 1. The van der Waals surface area contributed by atoms with Crippen LogP contribution in [0.4, 0.5) is 0 Å². The van der Waals surface area contributed by atoms with Gasteiger partial charge in [0, 0.05) is 19.6 Å². The fraction of sp³-hybridized carbons (Fsp3) is 0.615. The van der Waals surface area contributed by atoms with Gasteiger partial charge in [-0.05, 0) is 57.1 Å². The number of carbonyl (C=O) groups excluding carboxylic acids is 4. The lowest BCUT2D eigenvalue weighted by atomic mass is 9.97. The van der Waals surface area contributed by atoms with Crippen LogP contribution in [0.15, 0.2) is 29.2 Å². The SMILES string of the molecule is Cc1ccc(S(=O)(=O)N2CCCC(C(=O)N3CCCC3C(=O)NC(CC(C)C)C(=O)NCC(N)=O)C2)cc1. The average molecular weight is 550 g/mol. The minimum Gasteiger partial charge on any atom is -0.368 e. The highest BCUT2D eigenvalue weighted by atomic mass is 32.2. The van der Waals surface area contributed by atoms with Crippen LogP contribution in [0.5, 0.6) is 0 Å². The van der Waals surface area contributed by atoms with Gasteiger partial charge in [-0.1, -0.05) is 31.5 Å². The average Bonchev–Trinajstić information content (AvgIpc) is 3.36. The Morgan fingerprint density at radius 1 is 1.05 bits per heavy atom. The molecule has 3 atom stereocenters. The Hall–Kier alpha value is -2.99. The van der Waals surface area contributed by atoms with Crippen molar-refractivity contribution < 1.29 is 27.6 Å². The van der Waals surface area contributed by atoms with Gasteiger partial charge in [0.25, 0.3) is 0 Å². The summed E-state index contributed by atoms with van der Waals surface area (Å²) in [6, 6.07) is 5.02. The van der Waals surface area contributed by atoms with Crippen LogP contribution < -0.4 is 16.4 Å². The monoisotopic (exact) mass is 549 g/mol. The zero-order chi connectivity index (χ0) is 28.0. The van der Waals surface area contributed by atoms with Crippen molar-refractivity contribution in [2.75, 3.05) is 26.2 Å². The third-order valence-corrected chi connectivity index (χ3v) is 8.89. The van der Waals surface area contributed by atoms with Gasteiger partial charge in [0.2, 0.25) is 33.7 Å². The van der Waals surface area contributed by atoms with Crippen LogP contribution in [0.3, 0.4) is 0 Å². The summed E-state index contributed by atoms with van der Waals surface area (Å²) in [5.41, 5.74) is 6.07. The summed E-state index contributed by atoms with van der Waals surface area (Å²) < 4.78 is 27.8. The number of piperidine rings is 1. The molecule has 11 nitrogen and oxygen atoms in total. The number of nitrogens with one attached hydrogen (secondary N) is 2. The number of nitrogens with two attached hydrogens (primary N) is 1. The van der Waals surface area contributed by atoms with Crippen molar-refractivity contribution in [3.63, 3.8) is 0 Å². The number of amides is 4. The molecule has 0 saturated carbocycles. The molecular weight excluding hydrogens is 510 g/mol. The summed E-state index contributed by atoms with van der Waals surface area (Å²) in [5.74, 6) is -2.34. The van der Waals surface area contributed by atoms with E-state index in [0.29, 0.717) is 45.2 Å².